The lowest BCUT2D eigenvalue weighted by Gasteiger charge is -2.25. The maximum absolute atomic E-state index is 13.4. The SMILES string of the molecule is CN(CCOc1ccc(CC(CCc2cccc(C(=O)O)c2)C(=O)C(F)(F)F)cc1)CC(c1ccc(Cl)cc1)c1ccc(Cl)cc1. The van der Waals surface area contributed by atoms with Gasteiger partial charge in [0.1, 0.15) is 12.4 Å². The third kappa shape index (κ3) is 10.3. The van der Waals surface area contributed by atoms with Crippen molar-refractivity contribution in [3.63, 3.8) is 0 Å². The molecule has 242 valence electrons. The number of ketones is 1. The van der Waals surface area contributed by atoms with Crippen molar-refractivity contribution >= 4 is 35.0 Å². The van der Waals surface area contributed by atoms with Crippen LogP contribution in [0.25, 0.3) is 0 Å². The number of halogens is 5. The largest absolute Gasteiger partial charge is 0.492 e. The van der Waals surface area contributed by atoms with Gasteiger partial charge >= 0.3 is 12.1 Å². The molecule has 0 aliphatic heterocycles. The van der Waals surface area contributed by atoms with Gasteiger partial charge in [0.05, 0.1) is 5.56 Å². The number of aryl methyl sites for hydroxylation is 1. The summed E-state index contributed by atoms with van der Waals surface area (Å²) in [6, 6.07) is 28.2. The molecule has 0 bridgehead atoms. The van der Waals surface area contributed by atoms with Crippen molar-refractivity contribution in [2.45, 2.75) is 31.4 Å². The molecule has 10 heteroatoms. The predicted octanol–water partition coefficient (Wildman–Crippen LogP) is 8.76. The molecule has 0 aliphatic rings. The van der Waals surface area contributed by atoms with E-state index in [1.165, 1.54) is 18.2 Å². The Balaban J connectivity index is 1.34. The molecule has 0 radical (unpaired) electrons. The minimum atomic E-state index is -4.97. The number of alkyl halides is 3. The van der Waals surface area contributed by atoms with Gasteiger partial charge in [-0.15, -0.1) is 0 Å². The Morgan fingerprint density at radius 3 is 1.98 bits per heavy atom. The molecule has 1 unspecified atom stereocenters. The molecular weight excluding hydrogens is 638 g/mol. The number of Topliss-reactive ketones (excluding diaryl/α,β-unsaturated/α-hetero) is 1. The van der Waals surface area contributed by atoms with E-state index >= 15 is 0 Å². The summed E-state index contributed by atoms with van der Waals surface area (Å²) >= 11 is 12.2. The van der Waals surface area contributed by atoms with Crippen LogP contribution in [0.2, 0.25) is 10.0 Å². The summed E-state index contributed by atoms with van der Waals surface area (Å²) in [5.41, 5.74) is 3.40. The first-order chi connectivity index (χ1) is 21.9. The number of likely N-dealkylation sites (N-methyl/N-ethyl adjacent to an activating group) is 1. The Kier molecular flexibility index (Phi) is 12.3. The van der Waals surface area contributed by atoms with E-state index in [2.05, 4.69) is 4.90 Å². The quantitative estimate of drug-likeness (QED) is 0.137. The Morgan fingerprint density at radius 2 is 1.43 bits per heavy atom. The van der Waals surface area contributed by atoms with E-state index in [0.29, 0.717) is 46.6 Å². The Hall–Kier alpha value is -3.85. The van der Waals surface area contributed by atoms with E-state index in [1.54, 1.807) is 30.3 Å². The molecule has 0 aliphatic carbocycles. The first kappa shape index (κ1) is 35.0. The highest BCUT2D eigenvalue weighted by atomic mass is 35.5. The zero-order valence-electron chi connectivity index (χ0n) is 25.1. The summed E-state index contributed by atoms with van der Waals surface area (Å²) in [6.07, 6.45) is -5.00. The first-order valence-electron chi connectivity index (χ1n) is 14.7. The van der Waals surface area contributed by atoms with E-state index in [-0.39, 0.29) is 30.7 Å². The van der Waals surface area contributed by atoms with Gasteiger partial charge in [0.25, 0.3) is 0 Å². The lowest BCUT2D eigenvalue weighted by atomic mass is 9.89. The fourth-order valence-electron chi connectivity index (χ4n) is 5.28. The van der Waals surface area contributed by atoms with Crippen LogP contribution in [-0.2, 0) is 17.6 Å². The summed E-state index contributed by atoms with van der Waals surface area (Å²) in [5, 5.41) is 10.5. The highest BCUT2D eigenvalue weighted by Crippen LogP contribution is 2.29. The lowest BCUT2D eigenvalue weighted by molar-refractivity contribution is -0.175. The van der Waals surface area contributed by atoms with Crippen molar-refractivity contribution < 1.29 is 32.6 Å². The molecule has 0 fully saturated rings. The molecule has 5 nitrogen and oxygen atoms in total. The van der Waals surface area contributed by atoms with E-state index in [0.717, 1.165) is 11.1 Å². The summed E-state index contributed by atoms with van der Waals surface area (Å²) in [4.78, 5) is 25.7. The Morgan fingerprint density at radius 1 is 0.848 bits per heavy atom. The van der Waals surface area contributed by atoms with Crippen LogP contribution >= 0.6 is 23.2 Å². The fourth-order valence-corrected chi connectivity index (χ4v) is 5.53. The van der Waals surface area contributed by atoms with Crippen LogP contribution < -0.4 is 4.74 Å². The highest BCUT2D eigenvalue weighted by molar-refractivity contribution is 6.30. The van der Waals surface area contributed by atoms with Gasteiger partial charge in [-0.05, 0) is 97.1 Å². The summed E-state index contributed by atoms with van der Waals surface area (Å²) in [6.45, 7) is 1.71. The second-order valence-electron chi connectivity index (χ2n) is 11.2. The van der Waals surface area contributed by atoms with Gasteiger partial charge < -0.3 is 14.7 Å². The molecule has 0 aromatic heterocycles. The second kappa shape index (κ2) is 16.1. The Labute approximate surface area is 276 Å². The molecule has 0 spiro atoms. The third-order valence-corrected chi connectivity index (χ3v) is 8.30. The maximum atomic E-state index is 13.4. The zero-order chi connectivity index (χ0) is 33.3. The van der Waals surface area contributed by atoms with Gasteiger partial charge in [-0.1, -0.05) is 71.7 Å². The number of ether oxygens (including phenoxy) is 1. The number of aromatic carboxylic acids is 1. The summed E-state index contributed by atoms with van der Waals surface area (Å²) in [5.74, 6) is -3.58. The third-order valence-electron chi connectivity index (χ3n) is 7.79. The number of benzene rings is 4. The molecule has 0 heterocycles. The molecule has 4 aromatic carbocycles. The number of carbonyl (C=O) groups excluding carboxylic acids is 1. The average Bonchev–Trinajstić information content (AvgIpc) is 3.03. The molecule has 0 saturated carbocycles. The number of carboxylic acid groups (broad SMARTS) is 1. The van der Waals surface area contributed by atoms with Crippen molar-refractivity contribution in [2.75, 3.05) is 26.7 Å². The molecule has 0 saturated heterocycles. The average molecular weight is 673 g/mol. The van der Waals surface area contributed by atoms with Gasteiger partial charge in [-0.2, -0.15) is 13.2 Å². The monoisotopic (exact) mass is 671 g/mol. The molecule has 46 heavy (non-hydrogen) atoms. The van der Waals surface area contributed by atoms with Crippen molar-refractivity contribution in [1.29, 1.82) is 0 Å². The van der Waals surface area contributed by atoms with Crippen molar-refractivity contribution in [2.24, 2.45) is 5.92 Å². The van der Waals surface area contributed by atoms with Crippen molar-refractivity contribution in [1.82, 2.24) is 4.90 Å². The maximum Gasteiger partial charge on any atom is 0.450 e. The first-order valence-corrected chi connectivity index (χ1v) is 15.5. The van der Waals surface area contributed by atoms with Crippen LogP contribution in [0.3, 0.4) is 0 Å². The topological polar surface area (TPSA) is 66.8 Å². The number of carbonyl (C=O) groups is 2. The Bertz CT molecular complexity index is 1550. The van der Waals surface area contributed by atoms with Crippen molar-refractivity contribution in [3.8, 4) is 5.75 Å². The number of hydrogen-bond acceptors (Lipinski definition) is 4. The van der Waals surface area contributed by atoms with Gasteiger partial charge in [0.2, 0.25) is 5.78 Å². The van der Waals surface area contributed by atoms with E-state index < -0.39 is 23.8 Å². The van der Waals surface area contributed by atoms with Crippen LogP contribution in [0.4, 0.5) is 13.2 Å². The van der Waals surface area contributed by atoms with Crippen LogP contribution in [0, 0.1) is 5.92 Å². The number of carboxylic acids is 1. The molecule has 1 N–H and O–H groups in total. The van der Waals surface area contributed by atoms with Crippen LogP contribution in [0.1, 0.15) is 45.0 Å². The van der Waals surface area contributed by atoms with E-state index in [9.17, 15) is 27.9 Å². The number of nitrogens with zero attached hydrogens (tertiary/aromatic N) is 1. The molecule has 1 atom stereocenters. The van der Waals surface area contributed by atoms with Gasteiger partial charge in [-0.25, -0.2) is 4.79 Å². The highest BCUT2D eigenvalue weighted by Gasteiger charge is 2.42. The van der Waals surface area contributed by atoms with Gasteiger partial charge in [0.15, 0.2) is 0 Å². The van der Waals surface area contributed by atoms with Crippen LogP contribution in [0.5, 0.6) is 5.75 Å². The smallest absolute Gasteiger partial charge is 0.450 e. The van der Waals surface area contributed by atoms with Crippen molar-refractivity contribution in [3.05, 3.63) is 135 Å². The van der Waals surface area contributed by atoms with Crippen LogP contribution in [0.15, 0.2) is 97.1 Å². The number of hydrogen-bond donors (Lipinski definition) is 1. The minimum Gasteiger partial charge on any atom is -0.492 e. The zero-order valence-corrected chi connectivity index (χ0v) is 26.7. The normalized spacial score (nSPS) is 12.3. The van der Waals surface area contributed by atoms with Crippen LogP contribution in [-0.4, -0.2) is 54.7 Å². The summed E-state index contributed by atoms with van der Waals surface area (Å²) < 4.78 is 46.2. The van der Waals surface area contributed by atoms with E-state index in [4.69, 9.17) is 27.9 Å². The predicted molar refractivity (Wildman–Crippen MR) is 174 cm³/mol. The lowest BCUT2D eigenvalue weighted by Crippen LogP contribution is -2.32. The summed E-state index contributed by atoms with van der Waals surface area (Å²) in [7, 11) is 2.00. The van der Waals surface area contributed by atoms with Gasteiger partial charge in [0, 0.05) is 35.0 Å². The molecule has 4 rings (SSSR count). The number of rotatable bonds is 15. The van der Waals surface area contributed by atoms with Gasteiger partial charge in [-0.3, -0.25) is 4.79 Å². The minimum absolute atomic E-state index is 0.0425. The molecule has 4 aromatic rings. The fraction of sp³-hybridized carbons (Fsp3) is 0.278. The van der Waals surface area contributed by atoms with E-state index in [1.807, 2.05) is 55.6 Å². The molecule has 0 amide bonds. The molecular formula is C36H34Cl2F3NO4. The standard InChI is InChI=1S/C36H34Cl2F3NO4/c1-42(23-33(26-9-13-30(37)14-10-26)27-11-15-31(38)16-12-27)19-20-46-32-17-6-25(7-18-32)21-28(34(43)36(39,40)41)8-5-24-3-2-4-29(22-24)35(44)45/h2-4,6-7,9-18,22,28,33H,5,8,19-21,23H2,1H3,(H,44,45). The second-order valence-corrected chi connectivity index (χ2v) is 12.1.